The van der Waals surface area contributed by atoms with Crippen molar-refractivity contribution in [3.8, 4) is 0 Å². The molecule has 1 aliphatic heterocycles. The molecule has 0 aromatic carbocycles. The monoisotopic (exact) mass is 276 g/mol. The topological polar surface area (TPSA) is 49.4 Å². The van der Waals surface area contributed by atoms with Gasteiger partial charge in [0, 0.05) is 18.6 Å². The molecule has 0 saturated carbocycles. The van der Waals surface area contributed by atoms with E-state index in [9.17, 15) is 8.42 Å². The van der Waals surface area contributed by atoms with Gasteiger partial charge >= 0.3 is 0 Å². The highest BCUT2D eigenvalue weighted by molar-refractivity contribution is 7.91. The van der Waals surface area contributed by atoms with Crippen LogP contribution >= 0.6 is 0 Å². The third kappa shape index (κ3) is 7.34. The van der Waals surface area contributed by atoms with Gasteiger partial charge in [-0.3, -0.25) is 0 Å². The van der Waals surface area contributed by atoms with Crippen molar-refractivity contribution < 1.29 is 8.42 Å². The van der Waals surface area contributed by atoms with Crippen molar-refractivity contribution in [2.45, 2.75) is 45.6 Å². The third-order valence-electron chi connectivity index (χ3n) is 3.24. The van der Waals surface area contributed by atoms with E-state index < -0.39 is 9.84 Å². The molecule has 1 heterocycles. The van der Waals surface area contributed by atoms with Gasteiger partial charge in [0.2, 0.25) is 0 Å². The van der Waals surface area contributed by atoms with Crippen LogP contribution in [0.2, 0.25) is 0 Å². The fraction of sp³-hybridized carbons (Fsp3) is 1.00. The second-order valence-corrected chi connectivity index (χ2v) is 8.53. The van der Waals surface area contributed by atoms with E-state index in [-0.39, 0.29) is 5.54 Å². The molecule has 0 spiro atoms. The second kappa shape index (κ2) is 6.87. The predicted octanol–water partition coefficient (Wildman–Crippen LogP) is 1.28. The largest absolute Gasteiger partial charge is 0.312 e. The number of nitrogens with one attached hydrogen (secondary N) is 1. The van der Waals surface area contributed by atoms with Gasteiger partial charge in [0.05, 0.1) is 11.5 Å². The number of unbranched alkanes of at least 4 members (excludes halogenated alkanes) is 2. The Balaban J connectivity index is 1.99. The summed E-state index contributed by atoms with van der Waals surface area (Å²) in [5.41, 5.74) is 0.210. The van der Waals surface area contributed by atoms with Gasteiger partial charge in [-0.1, -0.05) is 6.42 Å². The average molecular weight is 276 g/mol. The molecule has 0 aromatic rings. The van der Waals surface area contributed by atoms with E-state index in [4.69, 9.17) is 0 Å². The molecule has 1 fully saturated rings. The lowest BCUT2D eigenvalue weighted by Gasteiger charge is -2.26. The van der Waals surface area contributed by atoms with Gasteiger partial charge in [-0.2, -0.15) is 0 Å². The summed E-state index contributed by atoms with van der Waals surface area (Å²) >= 11 is 0. The SMILES string of the molecule is CC(C)(C)NCCCCCN1CCS(=O)(=O)CC1. The molecule has 0 amide bonds. The van der Waals surface area contributed by atoms with Crippen LogP contribution in [-0.2, 0) is 9.84 Å². The Morgan fingerprint density at radius 2 is 1.67 bits per heavy atom. The quantitative estimate of drug-likeness (QED) is 0.742. The van der Waals surface area contributed by atoms with Crippen LogP contribution in [0.4, 0.5) is 0 Å². The Bertz CT molecular complexity index is 319. The Kier molecular flexibility index (Phi) is 6.08. The van der Waals surface area contributed by atoms with Crippen LogP contribution in [0.15, 0.2) is 0 Å². The maximum atomic E-state index is 11.3. The molecular weight excluding hydrogens is 248 g/mol. The maximum Gasteiger partial charge on any atom is 0.152 e. The number of rotatable bonds is 6. The minimum absolute atomic E-state index is 0.210. The highest BCUT2D eigenvalue weighted by Crippen LogP contribution is 2.06. The fourth-order valence-corrected chi connectivity index (χ4v) is 3.35. The van der Waals surface area contributed by atoms with E-state index in [1.807, 2.05) is 0 Å². The summed E-state index contributed by atoms with van der Waals surface area (Å²) < 4.78 is 22.5. The van der Waals surface area contributed by atoms with Gasteiger partial charge in [0.25, 0.3) is 0 Å². The van der Waals surface area contributed by atoms with Crippen LogP contribution < -0.4 is 5.32 Å². The highest BCUT2D eigenvalue weighted by atomic mass is 32.2. The minimum Gasteiger partial charge on any atom is -0.312 e. The molecule has 1 saturated heterocycles. The Morgan fingerprint density at radius 3 is 2.22 bits per heavy atom. The molecular formula is C13H28N2O2S. The number of hydrogen-bond donors (Lipinski definition) is 1. The molecule has 4 nitrogen and oxygen atoms in total. The molecule has 1 N–H and O–H groups in total. The average Bonchev–Trinajstić information content (AvgIpc) is 2.23. The minimum atomic E-state index is -2.72. The van der Waals surface area contributed by atoms with Crippen LogP contribution in [0.5, 0.6) is 0 Å². The Morgan fingerprint density at radius 1 is 1.06 bits per heavy atom. The Labute approximate surface area is 112 Å². The van der Waals surface area contributed by atoms with Gasteiger partial charge in [0.15, 0.2) is 9.84 Å². The predicted molar refractivity (Wildman–Crippen MR) is 76.7 cm³/mol. The zero-order valence-corrected chi connectivity index (χ0v) is 12.9. The lowest BCUT2D eigenvalue weighted by molar-refractivity contribution is 0.287. The van der Waals surface area contributed by atoms with Crippen molar-refractivity contribution in [2.24, 2.45) is 0 Å². The van der Waals surface area contributed by atoms with E-state index in [1.54, 1.807) is 0 Å². The van der Waals surface area contributed by atoms with Gasteiger partial charge in [0.1, 0.15) is 0 Å². The normalized spacial score (nSPS) is 21.1. The fourth-order valence-electron chi connectivity index (χ4n) is 2.07. The van der Waals surface area contributed by atoms with Gasteiger partial charge in [-0.05, 0) is 46.7 Å². The smallest absolute Gasteiger partial charge is 0.152 e. The highest BCUT2D eigenvalue weighted by Gasteiger charge is 2.20. The van der Waals surface area contributed by atoms with Crippen LogP contribution in [0.1, 0.15) is 40.0 Å². The molecule has 1 aliphatic rings. The summed E-state index contributed by atoms with van der Waals surface area (Å²) in [4.78, 5) is 2.28. The number of nitrogens with zero attached hydrogens (tertiary/aromatic N) is 1. The first-order valence-corrected chi connectivity index (χ1v) is 8.78. The van der Waals surface area contributed by atoms with E-state index in [0.29, 0.717) is 11.5 Å². The first kappa shape index (κ1) is 15.9. The van der Waals surface area contributed by atoms with Gasteiger partial charge in [-0.15, -0.1) is 0 Å². The van der Waals surface area contributed by atoms with E-state index >= 15 is 0 Å². The third-order valence-corrected chi connectivity index (χ3v) is 4.85. The van der Waals surface area contributed by atoms with E-state index in [2.05, 4.69) is 31.0 Å². The summed E-state index contributed by atoms with van der Waals surface area (Å²) in [5.74, 6) is 0.692. The van der Waals surface area contributed by atoms with Crippen molar-refractivity contribution in [2.75, 3.05) is 37.7 Å². The molecule has 5 heteroatoms. The summed E-state index contributed by atoms with van der Waals surface area (Å²) in [6.07, 6.45) is 3.58. The van der Waals surface area contributed by atoms with Gasteiger partial charge < -0.3 is 10.2 Å². The summed E-state index contributed by atoms with van der Waals surface area (Å²) in [5, 5.41) is 3.48. The lowest BCUT2D eigenvalue weighted by atomic mass is 10.1. The van der Waals surface area contributed by atoms with Crippen molar-refractivity contribution in [1.82, 2.24) is 10.2 Å². The molecule has 18 heavy (non-hydrogen) atoms. The van der Waals surface area contributed by atoms with Crippen LogP contribution in [-0.4, -0.2) is 56.5 Å². The van der Waals surface area contributed by atoms with Crippen LogP contribution in [0.25, 0.3) is 0 Å². The van der Waals surface area contributed by atoms with Crippen molar-refractivity contribution in [3.63, 3.8) is 0 Å². The first-order valence-electron chi connectivity index (χ1n) is 6.96. The molecule has 0 atom stereocenters. The van der Waals surface area contributed by atoms with Gasteiger partial charge in [-0.25, -0.2) is 8.42 Å². The standard InChI is InChI=1S/C13H28N2O2S/c1-13(2,3)14-7-5-4-6-8-15-9-11-18(16,17)12-10-15/h14H,4-12H2,1-3H3. The van der Waals surface area contributed by atoms with Crippen LogP contribution in [0, 0.1) is 0 Å². The van der Waals surface area contributed by atoms with E-state index in [0.717, 1.165) is 26.2 Å². The Hall–Kier alpha value is -0.130. The van der Waals surface area contributed by atoms with Crippen molar-refractivity contribution >= 4 is 9.84 Å². The molecule has 0 aromatic heterocycles. The molecule has 0 bridgehead atoms. The zero-order chi connectivity index (χ0) is 13.6. The molecule has 0 radical (unpaired) electrons. The summed E-state index contributed by atoms with van der Waals surface area (Å²) in [6.45, 7) is 10.1. The summed E-state index contributed by atoms with van der Waals surface area (Å²) in [6, 6.07) is 0. The molecule has 1 rings (SSSR count). The van der Waals surface area contributed by atoms with Crippen LogP contribution in [0.3, 0.4) is 0 Å². The molecule has 108 valence electrons. The molecule has 0 unspecified atom stereocenters. The van der Waals surface area contributed by atoms with Crippen molar-refractivity contribution in [1.29, 1.82) is 0 Å². The first-order chi connectivity index (χ1) is 8.29. The summed E-state index contributed by atoms with van der Waals surface area (Å²) in [7, 11) is -2.72. The maximum absolute atomic E-state index is 11.3. The van der Waals surface area contributed by atoms with E-state index in [1.165, 1.54) is 19.3 Å². The van der Waals surface area contributed by atoms with Crippen molar-refractivity contribution in [3.05, 3.63) is 0 Å². The second-order valence-electron chi connectivity index (χ2n) is 6.23. The molecule has 0 aliphatic carbocycles. The zero-order valence-electron chi connectivity index (χ0n) is 12.0. The number of hydrogen-bond acceptors (Lipinski definition) is 4. The number of sulfone groups is 1. The lowest BCUT2D eigenvalue weighted by Crippen LogP contribution is -2.40.